The minimum atomic E-state index is -1.32. The minimum absolute atomic E-state index is 0.119. The number of carbonyl (C=O) groups excluding carboxylic acids is 3. The Hall–Kier alpha value is -4.88. The summed E-state index contributed by atoms with van der Waals surface area (Å²) in [5.41, 5.74) is 6.05. The van der Waals surface area contributed by atoms with Gasteiger partial charge in [0.25, 0.3) is 5.91 Å². The topological polar surface area (TPSA) is 121 Å². The largest absolute Gasteiger partial charge is 0.366 e. The summed E-state index contributed by atoms with van der Waals surface area (Å²) < 4.78 is 15.0. The maximum absolute atomic E-state index is 15.0. The maximum atomic E-state index is 15.0. The number of H-pyrrole nitrogens is 1. The van der Waals surface area contributed by atoms with E-state index in [1.54, 1.807) is 18.7 Å². The summed E-state index contributed by atoms with van der Waals surface area (Å²) in [5.74, 6) is 0.736. The molecular formula is C45H54FN9O3. The lowest BCUT2D eigenvalue weighted by molar-refractivity contribution is -0.136. The van der Waals surface area contributed by atoms with Crippen molar-refractivity contribution in [3.8, 4) is 0 Å². The third-order valence-electron chi connectivity index (χ3n) is 13.8. The molecule has 2 bridgehead atoms. The Bertz CT molecular complexity index is 2230. The molecule has 3 amide bonds. The molecule has 4 aromatic rings. The number of aromatic nitrogens is 3. The molecule has 8 heterocycles. The second-order valence-electron chi connectivity index (χ2n) is 18.2. The van der Waals surface area contributed by atoms with Gasteiger partial charge in [-0.2, -0.15) is 0 Å². The highest BCUT2D eigenvalue weighted by Gasteiger charge is 2.44. The number of imide groups is 1. The molecule has 6 aliphatic rings. The molecular weight excluding hydrogens is 734 g/mol. The zero-order valence-corrected chi connectivity index (χ0v) is 33.6. The number of para-hydroxylation sites is 1. The Morgan fingerprint density at radius 1 is 0.897 bits per heavy atom. The van der Waals surface area contributed by atoms with Crippen LogP contribution in [0.4, 0.5) is 16.0 Å². The van der Waals surface area contributed by atoms with Crippen molar-refractivity contribution < 1.29 is 18.8 Å². The first-order valence-electron chi connectivity index (χ1n) is 21.4. The lowest BCUT2D eigenvalue weighted by Gasteiger charge is -2.38. The van der Waals surface area contributed by atoms with Crippen molar-refractivity contribution in [3.05, 3.63) is 82.8 Å². The van der Waals surface area contributed by atoms with Gasteiger partial charge in [-0.25, -0.2) is 14.4 Å². The average molecular weight is 788 g/mol. The van der Waals surface area contributed by atoms with Gasteiger partial charge in [-0.1, -0.05) is 18.2 Å². The summed E-state index contributed by atoms with van der Waals surface area (Å²) in [5, 5.41) is 3.64. The van der Waals surface area contributed by atoms with Crippen molar-refractivity contribution in [2.75, 3.05) is 55.6 Å². The molecule has 1 unspecified atom stereocenters. The summed E-state index contributed by atoms with van der Waals surface area (Å²) in [7, 11) is 0. The van der Waals surface area contributed by atoms with Gasteiger partial charge in [-0.3, -0.25) is 29.5 Å². The smallest absolute Gasteiger partial charge is 0.255 e. The number of hydrogen-bond donors (Lipinski definition) is 2. The maximum Gasteiger partial charge on any atom is 0.255 e. The number of piperidine rings is 2. The number of fused-ring (bicyclic) bond motifs is 6. The summed E-state index contributed by atoms with van der Waals surface area (Å²) in [6.45, 7) is 9.98. The summed E-state index contributed by atoms with van der Waals surface area (Å²) in [6.07, 6.45) is 11.4. The van der Waals surface area contributed by atoms with E-state index in [4.69, 9.17) is 9.97 Å². The average Bonchev–Trinajstić information content (AvgIpc) is 3.99. The fourth-order valence-electron chi connectivity index (χ4n) is 11.0. The Labute approximate surface area is 339 Å². The van der Waals surface area contributed by atoms with Crippen LogP contribution in [0.15, 0.2) is 54.9 Å². The fraction of sp³-hybridized carbons (Fsp3) is 0.533. The van der Waals surface area contributed by atoms with Gasteiger partial charge in [-0.05, 0) is 107 Å². The van der Waals surface area contributed by atoms with E-state index in [9.17, 15) is 14.4 Å². The molecule has 0 spiro atoms. The third-order valence-corrected chi connectivity index (χ3v) is 13.8. The first-order chi connectivity index (χ1) is 28.1. The van der Waals surface area contributed by atoms with Gasteiger partial charge in [0.05, 0.1) is 6.04 Å². The van der Waals surface area contributed by atoms with Gasteiger partial charge in [0, 0.05) is 110 Å². The number of aromatic amines is 1. The summed E-state index contributed by atoms with van der Waals surface area (Å²) in [6, 6.07) is 14.9. The molecule has 4 atom stereocenters. The lowest BCUT2D eigenvalue weighted by Crippen LogP contribution is -2.52. The Balaban J connectivity index is 0.704. The van der Waals surface area contributed by atoms with Crippen molar-refractivity contribution in [1.29, 1.82) is 0 Å². The monoisotopic (exact) mass is 787 g/mol. The van der Waals surface area contributed by atoms with Crippen molar-refractivity contribution in [2.45, 2.75) is 102 Å². The zero-order chi connectivity index (χ0) is 39.7. The quantitative estimate of drug-likeness (QED) is 0.205. The number of carbonyl (C=O) groups is 3. The number of nitrogens with one attached hydrogen (secondary N) is 2. The van der Waals surface area contributed by atoms with Gasteiger partial charge in [0.15, 0.2) is 0 Å². The molecule has 2 N–H and O–H groups in total. The van der Waals surface area contributed by atoms with E-state index < -0.39 is 11.7 Å². The van der Waals surface area contributed by atoms with Crippen LogP contribution in [0.25, 0.3) is 10.9 Å². The van der Waals surface area contributed by atoms with Gasteiger partial charge in [0.2, 0.25) is 17.8 Å². The van der Waals surface area contributed by atoms with Gasteiger partial charge >= 0.3 is 0 Å². The predicted octanol–water partition coefficient (Wildman–Crippen LogP) is 5.37. The van der Waals surface area contributed by atoms with E-state index in [0.29, 0.717) is 43.1 Å². The van der Waals surface area contributed by atoms with Crippen LogP contribution in [0.3, 0.4) is 0 Å². The first-order valence-corrected chi connectivity index (χ1v) is 21.4. The molecule has 6 aliphatic heterocycles. The number of piperazine rings is 1. The second kappa shape index (κ2) is 14.7. The molecule has 12 nitrogen and oxygen atoms in total. The van der Waals surface area contributed by atoms with Crippen LogP contribution in [0.1, 0.15) is 97.6 Å². The number of rotatable bonds is 10. The number of benzene rings is 2. The van der Waals surface area contributed by atoms with E-state index >= 15 is 4.39 Å². The standard InChI is InChI=1S/C45H54FN9O3/c1-45(2,46)27-53-19-15-36-35-7-3-4-8-37(35)49-40(36)41(53)30-22-47-44(48-23-30)51-17-13-28(14-18-51)6-5-16-52-25-33-21-32(52)26-54(33)31-9-10-34-29(20-31)24-55(43(34)58)38-11-12-39(56)50-42(38)57/h3-4,7-10,20,22-23,28,32-33,38,41,49H,5-6,11-19,21,24-27H2,1-2H3,(H,50,56,57)/t32-,33-,38?,41-/m1/s1. The molecule has 4 saturated heterocycles. The SMILES string of the molecule is CC(C)(F)CN1CCc2c([nH]c3ccccc23)[C@H]1c1cnc(N2CCC(CCCN3C[C@H]4C[C@@H]3CN4c3ccc4c(c3)CN(C3CCC(=O)NC3=O)C4=O)CC2)nc1. The number of anilines is 2. The molecule has 10 rings (SSSR count). The Kier molecular flexibility index (Phi) is 9.50. The highest BCUT2D eigenvalue weighted by atomic mass is 19.1. The third kappa shape index (κ3) is 6.93. The van der Waals surface area contributed by atoms with Crippen LogP contribution in [0.5, 0.6) is 0 Å². The molecule has 58 heavy (non-hydrogen) atoms. The number of amides is 3. The van der Waals surface area contributed by atoms with Crippen LogP contribution in [0.2, 0.25) is 0 Å². The number of halogens is 1. The minimum Gasteiger partial charge on any atom is -0.366 e. The predicted molar refractivity (Wildman–Crippen MR) is 220 cm³/mol. The lowest BCUT2D eigenvalue weighted by atomic mass is 9.92. The second-order valence-corrected chi connectivity index (χ2v) is 18.2. The van der Waals surface area contributed by atoms with Crippen LogP contribution < -0.4 is 15.1 Å². The molecule has 2 aromatic carbocycles. The van der Waals surface area contributed by atoms with E-state index in [-0.39, 0.29) is 30.2 Å². The summed E-state index contributed by atoms with van der Waals surface area (Å²) >= 11 is 0. The van der Waals surface area contributed by atoms with Crippen molar-refractivity contribution in [1.82, 2.24) is 35.0 Å². The van der Waals surface area contributed by atoms with Crippen LogP contribution in [-0.2, 0) is 22.6 Å². The normalized spacial score (nSPS) is 25.6. The van der Waals surface area contributed by atoms with Gasteiger partial charge < -0.3 is 19.7 Å². The van der Waals surface area contributed by atoms with Crippen molar-refractivity contribution in [3.63, 3.8) is 0 Å². The number of hydrogen-bond acceptors (Lipinski definition) is 9. The number of alkyl halides is 1. The van der Waals surface area contributed by atoms with Gasteiger partial charge in [-0.15, -0.1) is 0 Å². The molecule has 13 heteroatoms. The van der Waals surface area contributed by atoms with E-state index in [0.717, 1.165) is 92.5 Å². The molecule has 4 fully saturated rings. The molecule has 2 aromatic heterocycles. The highest BCUT2D eigenvalue weighted by Crippen LogP contribution is 2.40. The number of nitrogens with zero attached hydrogens (tertiary/aromatic N) is 7. The zero-order valence-electron chi connectivity index (χ0n) is 33.6. The Morgan fingerprint density at radius 3 is 2.47 bits per heavy atom. The molecule has 304 valence electrons. The first kappa shape index (κ1) is 37.4. The summed E-state index contributed by atoms with van der Waals surface area (Å²) in [4.78, 5) is 62.2. The van der Waals surface area contributed by atoms with Crippen molar-refractivity contribution in [2.24, 2.45) is 5.92 Å². The van der Waals surface area contributed by atoms with Gasteiger partial charge in [0.1, 0.15) is 11.7 Å². The Morgan fingerprint density at radius 2 is 1.71 bits per heavy atom. The van der Waals surface area contributed by atoms with Crippen LogP contribution in [-0.4, -0.2) is 117 Å². The van der Waals surface area contributed by atoms with E-state index in [2.05, 4.69) is 66.3 Å². The van der Waals surface area contributed by atoms with Crippen LogP contribution >= 0.6 is 0 Å². The molecule has 0 radical (unpaired) electrons. The fourth-order valence-corrected chi connectivity index (χ4v) is 11.0. The van der Waals surface area contributed by atoms with Crippen LogP contribution in [0, 0.1) is 5.92 Å². The van der Waals surface area contributed by atoms with E-state index in [1.807, 2.05) is 18.5 Å². The van der Waals surface area contributed by atoms with Crippen molar-refractivity contribution >= 4 is 40.3 Å². The highest BCUT2D eigenvalue weighted by molar-refractivity contribution is 6.05. The van der Waals surface area contributed by atoms with E-state index in [1.165, 1.54) is 30.2 Å². The molecule has 0 aliphatic carbocycles. The molecule has 0 saturated carbocycles. The number of likely N-dealkylation sites (tertiary alicyclic amines) is 1.